The van der Waals surface area contributed by atoms with Gasteiger partial charge in [0.05, 0.1) is 0 Å². The first-order valence-corrected chi connectivity index (χ1v) is 4.33. The van der Waals surface area contributed by atoms with Crippen molar-refractivity contribution in [3.05, 3.63) is 10.4 Å². The van der Waals surface area contributed by atoms with E-state index in [1.165, 1.54) is 0 Å². The summed E-state index contributed by atoms with van der Waals surface area (Å²) in [7, 11) is 0. The topological polar surface area (TPSA) is 127 Å². The second kappa shape index (κ2) is 4.52. The Labute approximate surface area is 84.7 Å². The van der Waals surface area contributed by atoms with E-state index in [2.05, 4.69) is 10.0 Å². The van der Waals surface area contributed by atoms with E-state index < -0.39 is 24.1 Å². The molecule has 1 aliphatic heterocycles. The van der Waals surface area contributed by atoms with E-state index in [1.54, 1.807) is 0 Å². The van der Waals surface area contributed by atoms with Gasteiger partial charge in [0.15, 0.2) is 0 Å². The summed E-state index contributed by atoms with van der Waals surface area (Å²) in [5.74, 6) is -1.21. The monoisotopic (exact) mass is 214 g/mol. The van der Waals surface area contributed by atoms with E-state index >= 15 is 0 Å². The molecule has 1 fully saturated rings. The van der Waals surface area contributed by atoms with Crippen LogP contribution in [0.25, 0.3) is 10.4 Å². The molecular weight excluding hydrogens is 204 g/mol. The molecule has 2 atom stereocenters. The second-order valence-electron chi connectivity index (χ2n) is 3.21. The van der Waals surface area contributed by atoms with Gasteiger partial charge >= 0.3 is 12.1 Å². The zero-order chi connectivity index (χ0) is 11.4. The van der Waals surface area contributed by atoms with Crippen molar-refractivity contribution in [1.29, 1.82) is 0 Å². The summed E-state index contributed by atoms with van der Waals surface area (Å²) < 4.78 is 0. The van der Waals surface area contributed by atoms with Crippen LogP contribution in [0.3, 0.4) is 0 Å². The van der Waals surface area contributed by atoms with E-state index in [-0.39, 0.29) is 13.0 Å². The maximum absolute atomic E-state index is 10.8. The van der Waals surface area contributed by atoms with Gasteiger partial charge in [0, 0.05) is 17.5 Å². The lowest BCUT2D eigenvalue weighted by Gasteiger charge is -2.33. The number of hydrogen-bond donors (Lipinski definition) is 2. The van der Waals surface area contributed by atoms with Crippen LogP contribution in [0, 0.1) is 0 Å². The molecule has 0 saturated carbocycles. The summed E-state index contributed by atoms with van der Waals surface area (Å²) in [6, 6.07) is -1.56. The average molecular weight is 214 g/mol. The number of nitrogens with zero attached hydrogens (tertiary/aromatic N) is 4. The molecule has 0 aromatic carbocycles. The number of aliphatic carboxylic acids is 1. The standard InChI is InChI=1S/C7H10N4O4/c8-10-9-4-1-2-11(7(14)15)5(3-4)6(12)13/h4-5H,1-3H2,(H,12,13)(H,14,15)/t4-,5-/m0/s1. The van der Waals surface area contributed by atoms with Crippen LogP contribution < -0.4 is 0 Å². The van der Waals surface area contributed by atoms with Gasteiger partial charge in [0.2, 0.25) is 0 Å². The van der Waals surface area contributed by atoms with Crippen molar-refractivity contribution in [2.24, 2.45) is 5.11 Å². The Hall–Kier alpha value is -1.95. The lowest BCUT2D eigenvalue weighted by atomic mass is 9.98. The van der Waals surface area contributed by atoms with Crippen molar-refractivity contribution in [1.82, 2.24) is 4.90 Å². The largest absolute Gasteiger partial charge is 0.480 e. The third kappa shape index (κ3) is 2.50. The third-order valence-corrected chi connectivity index (χ3v) is 2.32. The summed E-state index contributed by atoms with van der Waals surface area (Å²) in [5, 5.41) is 20.9. The van der Waals surface area contributed by atoms with Gasteiger partial charge < -0.3 is 10.2 Å². The van der Waals surface area contributed by atoms with Crippen LogP contribution in [0.1, 0.15) is 12.8 Å². The zero-order valence-corrected chi connectivity index (χ0v) is 7.78. The minimum atomic E-state index is -1.26. The number of hydrogen-bond acceptors (Lipinski definition) is 3. The molecule has 0 aliphatic carbocycles. The first-order chi connectivity index (χ1) is 7.06. The van der Waals surface area contributed by atoms with E-state index in [1.807, 2.05) is 0 Å². The summed E-state index contributed by atoms with van der Waals surface area (Å²) in [4.78, 5) is 24.9. The number of rotatable bonds is 2. The van der Waals surface area contributed by atoms with Gasteiger partial charge in [-0.2, -0.15) is 0 Å². The fourth-order valence-electron chi connectivity index (χ4n) is 1.59. The minimum absolute atomic E-state index is 0.0334. The number of carboxylic acid groups (broad SMARTS) is 2. The Bertz CT molecular complexity index is 325. The number of carboxylic acids is 1. The molecule has 15 heavy (non-hydrogen) atoms. The van der Waals surface area contributed by atoms with Crippen LogP contribution in [0.15, 0.2) is 5.11 Å². The molecule has 0 aromatic rings. The maximum atomic E-state index is 10.8. The van der Waals surface area contributed by atoms with Gasteiger partial charge in [0.1, 0.15) is 6.04 Å². The predicted molar refractivity (Wildman–Crippen MR) is 48.3 cm³/mol. The summed E-state index contributed by atoms with van der Waals surface area (Å²) in [5.41, 5.74) is 8.20. The molecule has 1 aliphatic rings. The first-order valence-electron chi connectivity index (χ1n) is 4.33. The van der Waals surface area contributed by atoms with Crippen LogP contribution in [0.5, 0.6) is 0 Å². The van der Waals surface area contributed by atoms with E-state index in [4.69, 9.17) is 15.7 Å². The molecular formula is C7H10N4O4. The fraction of sp³-hybridized carbons (Fsp3) is 0.714. The number of piperidine rings is 1. The van der Waals surface area contributed by atoms with Crippen LogP contribution in [0.2, 0.25) is 0 Å². The molecule has 1 heterocycles. The number of azide groups is 1. The zero-order valence-electron chi connectivity index (χ0n) is 7.78. The van der Waals surface area contributed by atoms with Gasteiger partial charge in [-0.15, -0.1) is 0 Å². The molecule has 0 spiro atoms. The molecule has 2 N–H and O–H groups in total. The van der Waals surface area contributed by atoms with Gasteiger partial charge in [-0.05, 0) is 18.4 Å². The normalized spacial score (nSPS) is 25.5. The number of carbonyl (C=O) groups is 2. The average Bonchev–Trinajstić information content (AvgIpc) is 2.17. The van der Waals surface area contributed by atoms with Crippen LogP contribution in [-0.2, 0) is 4.79 Å². The predicted octanol–water partition coefficient (Wildman–Crippen LogP) is 0.892. The van der Waals surface area contributed by atoms with Gasteiger partial charge in [-0.25, -0.2) is 9.59 Å². The van der Waals surface area contributed by atoms with Crippen molar-refractivity contribution in [2.45, 2.75) is 24.9 Å². The highest BCUT2D eigenvalue weighted by atomic mass is 16.4. The maximum Gasteiger partial charge on any atom is 0.408 e. The summed E-state index contributed by atoms with van der Waals surface area (Å²) in [6.07, 6.45) is -0.868. The summed E-state index contributed by atoms with van der Waals surface area (Å²) in [6.45, 7) is 0.0794. The molecule has 1 saturated heterocycles. The first kappa shape index (κ1) is 11.1. The molecule has 1 rings (SSSR count). The summed E-state index contributed by atoms with van der Waals surface area (Å²) >= 11 is 0. The Morgan fingerprint density at radius 2 is 2.13 bits per heavy atom. The van der Waals surface area contributed by atoms with Gasteiger partial charge in [-0.3, -0.25) is 4.90 Å². The smallest absolute Gasteiger partial charge is 0.408 e. The highest BCUT2D eigenvalue weighted by molar-refractivity contribution is 5.79. The molecule has 0 aromatic heterocycles. The molecule has 0 bridgehead atoms. The Morgan fingerprint density at radius 3 is 2.60 bits per heavy atom. The van der Waals surface area contributed by atoms with Crippen molar-refractivity contribution in [3.63, 3.8) is 0 Å². The van der Waals surface area contributed by atoms with Crippen molar-refractivity contribution in [2.75, 3.05) is 6.54 Å². The molecule has 8 nitrogen and oxygen atoms in total. The number of likely N-dealkylation sites (tertiary alicyclic amines) is 1. The highest BCUT2D eigenvalue weighted by Crippen LogP contribution is 2.20. The molecule has 82 valence electrons. The minimum Gasteiger partial charge on any atom is -0.480 e. The molecule has 1 amide bonds. The van der Waals surface area contributed by atoms with Gasteiger partial charge in [-0.1, -0.05) is 5.11 Å². The molecule has 8 heteroatoms. The molecule has 0 unspecified atom stereocenters. The Balaban J connectivity index is 2.77. The van der Waals surface area contributed by atoms with E-state index in [9.17, 15) is 9.59 Å². The quantitative estimate of drug-likeness (QED) is 0.402. The van der Waals surface area contributed by atoms with Crippen LogP contribution in [-0.4, -0.2) is 45.8 Å². The lowest BCUT2D eigenvalue weighted by Crippen LogP contribution is -2.50. The highest BCUT2D eigenvalue weighted by Gasteiger charge is 2.35. The van der Waals surface area contributed by atoms with Crippen molar-refractivity contribution < 1.29 is 19.8 Å². The lowest BCUT2D eigenvalue weighted by molar-refractivity contribution is -0.143. The number of amides is 1. The van der Waals surface area contributed by atoms with Crippen LogP contribution >= 0.6 is 0 Å². The Kier molecular flexibility index (Phi) is 3.35. The SMILES string of the molecule is [N-]=[N+]=N[C@H]1CCN(C(=O)O)[C@H](C(=O)O)C1. The van der Waals surface area contributed by atoms with E-state index in [0.717, 1.165) is 4.90 Å². The molecule has 0 radical (unpaired) electrons. The fourth-order valence-corrected chi connectivity index (χ4v) is 1.59. The van der Waals surface area contributed by atoms with Crippen molar-refractivity contribution >= 4 is 12.1 Å². The van der Waals surface area contributed by atoms with Gasteiger partial charge in [0.25, 0.3) is 0 Å². The second-order valence-corrected chi connectivity index (χ2v) is 3.21. The van der Waals surface area contributed by atoms with E-state index in [0.29, 0.717) is 6.42 Å². The van der Waals surface area contributed by atoms with Crippen molar-refractivity contribution in [3.8, 4) is 0 Å². The Morgan fingerprint density at radius 1 is 1.47 bits per heavy atom. The van der Waals surface area contributed by atoms with Crippen LogP contribution in [0.4, 0.5) is 4.79 Å². The third-order valence-electron chi connectivity index (χ3n) is 2.32.